The van der Waals surface area contributed by atoms with Crippen LogP contribution in [0.1, 0.15) is 45.7 Å². The number of hydrogen-bond acceptors (Lipinski definition) is 3. The van der Waals surface area contributed by atoms with Crippen LogP contribution in [-0.4, -0.2) is 17.6 Å². The van der Waals surface area contributed by atoms with E-state index in [-0.39, 0.29) is 23.5 Å². The van der Waals surface area contributed by atoms with Crippen molar-refractivity contribution in [2.75, 3.05) is 0 Å². The molecule has 0 heterocycles. The maximum absolute atomic E-state index is 12.0. The Kier molecular flexibility index (Phi) is 5.78. The van der Waals surface area contributed by atoms with Gasteiger partial charge in [0.15, 0.2) is 0 Å². The van der Waals surface area contributed by atoms with Gasteiger partial charge in [0.2, 0.25) is 5.91 Å². The maximum Gasteiger partial charge on any atom is 0.224 e. The number of carbonyl (C=O) groups excluding carboxylic acids is 1. The predicted molar refractivity (Wildman–Crippen MR) is 86.2 cm³/mol. The quantitative estimate of drug-likeness (QED) is 0.877. The molecule has 118 valence electrons. The van der Waals surface area contributed by atoms with E-state index in [1.807, 2.05) is 59.7 Å². The van der Waals surface area contributed by atoms with Crippen LogP contribution in [0.15, 0.2) is 18.2 Å². The molecule has 0 saturated heterocycles. The summed E-state index contributed by atoms with van der Waals surface area (Å²) in [5.41, 5.74) is 7.59. The van der Waals surface area contributed by atoms with Crippen molar-refractivity contribution in [3.05, 3.63) is 29.3 Å². The van der Waals surface area contributed by atoms with Gasteiger partial charge in [-0.2, -0.15) is 0 Å². The van der Waals surface area contributed by atoms with Gasteiger partial charge in [0.1, 0.15) is 11.4 Å². The summed E-state index contributed by atoms with van der Waals surface area (Å²) in [6, 6.07) is 5.86. The molecule has 2 unspecified atom stereocenters. The molecule has 21 heavy (non-hydrogen) atoms. The Morgan fingerprint density at radius 1 is 1.33 bits per heavy atom. The molecule has 0 aromatic heterocycles. The van der Waals surface area contributed by atoms with Crippen molar-refractivity contribution in [3.8, 4) is 5.75 Å². The molecular formula is C17H28N2O2. The molecule has 0 aliphatic rings. The van der Waals surface area contributed by atoms with Crippen molar-refractivity contribution in [2.24, 2.45) is 11.7 Å². The number of nitrogens with two attached hydrogens (primary N) is 1. The SMILES string of the molecule is Cc1ccc(CNC(=O)C(C)C(C)N)c(OC(C)(C)C)c1. The van der Waals surface area contributed by atoms with Crippen LogP contribution in [0.3, 0.4) is 0 Å². The largest absolute Gasteiger partial charge is 0.488 e. The average molecular weight is 292 g/mol. The van der Waals surface area contributed by atoms with Crippen LogP contribution in [0.4, 0.5) is 0 Å². The number of ether oxygens (including phenoxy) is 1. The van der Waals surface area contributed by atoms with Gasteiger partial charge >= 0.3 is 0 Å². The first kappa shape index (κ1) is 17.5. The van der Waals surface area contributed by atoms with Crippen molar-refractivity contribution in [1.29, 1.82) is 0 Å². The minimum absolute atomic E-state index is 0.0349. The second-order valence-electron chi connectivity index (χ2n) is 6.69. The van der Waals surface area contributed by atoms with E-state index in [0.29, 0.717) is 6.54 Å². The van der Waals surface area contributed by atoms with Crippen LogP contribution in [-0.2, 0) is 11.3 Å². The minimum Gasteiger partial charge on any atom is -0.488 e. The van der Waals surface area contributed by atoms with Crippen LogP contribution >= 0.6 is 0 Å². The summed E-state index contributed by atoms with van der Waals surface area (Å²) in [5.74, 6) is 0.575. The van der Waals surface area contributed by atoms with Crippen molar-refractivity contribution in [2.45, 2.75) is 59.7 Å². The fourth-order valence-electron chi connectivity index (χ4n) is 1.81. The first-order valence-corrected chi connectivity index (χ1v) is 7.42. The Balaban J connectivity index is 2.81. The van der Waals surface area contributed by atoms with Gasteiger partial charge in [-0.3, -0.25) is 4.79 Å². The van der Waals surface area contributed by atoms with E-state index in [9.17, 15) is 4.79 Å². The summed E-state index contributed by atoms with van der Waals surface area (Å²) < 4.78 is 5.98. The number of rotatable bonds is 5. The van der Waals surface area contributed by atoms with Gasteiger partial charge in [0.05, 0.1) is 0 Å². The molecule has 0 aliphatic carbocycles. The summed E-state index contributed by atoms with van der Waals surface area (Å²) in [4.78, 5) is 12.0. The summed E-state index contributed by atoms with van der Waals surface area (Å²) >= 11 is 0. The first-order chi connectivity index (χ1) is 9.60. The molecule has 0 spiro atoms. The fraction of sp³-hybridized carbons (Fsp3) is 0.588. The number of benzene rings is 1. The van der Waals surface area contributed by atoms with Gasteiger partial charge < -0.3 is 15.8 Å². The summed E-state index contributed by atoms with van der Waals surface area (Å²) in [5, 5.41) is 2.93. The number of aryl methyl sites for hydroxylation is 1. The highest BCUT2D eigenvalue weighted by molar-refractivity contribution is 5.79. The monoisotopic (exact) mass is 292 g/mol. The zero-order valence-electron chi connectivity index (χ0n) is 14.0. The van der Waals surface area contributed by atoms with Gasteiger partial charge in [-0.1, -0.05) is 19.1 Å². The maximum atomic E-state index is 12.0. The lowest BCUT2D eigenvalue weighted by Gasteiger charge is -2.24. The van der Waals surface area contributed by atoms with Gasteiger partial charge in [-0.05, 0) is 46.2 Å². The van der Waals surface area contributed by atoms with Crippen molar-refractivity contribution in [3.63, 3.8) is 0 Å². The van der Waals surface area contributed by atoms with E-state index >= 15 is 0 Å². The van der Waals surface area contributed by atoms with E-state index in [2.05, 4.69) is 5.32 Å². The minimum atomic E-state index is -0.272. The van der Waals surface area contributed by atoms with Crippen molar-refractivity contribution >= 4 is 5.91 Å². The summed E-state index contributed by atoms with van der Waals surface area (Å²) in [7, 11) is 0. The van der Waals surface area contributed by atoms with Gasteiger partial charge in [0, 0.05) is 24.1 Å². The Morgan fingerprint density at radius 3 is 2.48 bits per heavy atom. The van der Waals surface area contributed by atoms with Crippen molar-refractivity contribution < 1.29 is 9.53 Å². The van der Waals surface area contributed by atoms with Crippen LogP contribution in [0.2, 0.25) is 0 Å². The van der Waals surface area contributed by atoms with Crippen LogP contribution in [0, 0.1) is 12.8 Å². The third-order valence-electron chi connectivity index (χ3n) is 3.29. The highest BCUT2D eigenvalue weighted by Gasteiger charge is 2.18. The Labute approximate surface area is 128 Å². The normalized spacial score (nSPS) is 14.4. The summed E-state index contributed by atoms with van der Waals surface area (Å²) in [6.07, 6.45) is 0. The lowest BCUT2D eigenvalue weighted by atomic mass is 10.0. The molecule has 4 nitrogen and oxygen atoms in total. The number of amides is 1. The standard InChI is InChI=1S/C17H28N2O2/c1-11-7-8-14(15(9-11)21-17(4,5)6)10-19-16(20)12(2)13(3)18/h7-9,12-13H,10,18H2,1-6H3,(H,19,20). The second-order valence-corrected chi connectivity index (χ2v) is 6.69. The molecule has 0 bridgehead atoms. The molecule has 1 amide bonds. The van der Waals surface area contributed by atoms with E-state index in [0.717, 1.165) is 16.9 Å². The smallest absolute Gasteiger partial charge is 0.224 e. The summed E-state index contributed by atoms with van der Waals surface area (Å²) in [6.45, 7) is 12.2. The van der Waals surface area contributed by atoms with E-state index in [1.165, 1.54) is 0 Å². The molecule has 0 saturated carbocycles. The van der Waals surface area contributed by atoms with E-state index in [1.54, 1.807) is 0 Å². The van der Waals surface area contributed by atoms with E-state index < -0.39 is 0 Å². The Morgan fingerprint density at radius 2 is 1.95 bits per heavy atom. The van der Waals surface area contributed by atoms with Crippen LogP contribution < -0.4 is 15.8 Å². The third-order valence-corrected chi connectivity index (χ3v) is 3.29. The first-order valence-electron chi connectivity index (χ1n) is 7.42. The fourth-order valence-corrected chi connectivity index (χ4v) is 1.81. The molecule has 1 aromatic rings. The zero-order valence-corrected chi connectivity index (χ0v) is 14.0. The number of hydrogen-bond donors (Lipinski definition) is 2. The Bertz CT molecular complexity index is 490. The topological polar surface area (TPSA) is 64.4 Å². The number of carbonyl (C=O) groups is 1. The molecule has 1 aromatic carbocycles. The third kappa shape index (κ3) is 5.76. The Hall–Kier alpha value is -1.55. The molecule has 2 atom stereocenters. The molecule has 1 rings (SSSR count). The second kappa shape index (κ2) is 6.94. The van der Waals surface area contributed by atoms with Crippen LogP contribution in [0.5, 0.6) is 5.75 Å². The average Bonchev–Trinajstić information content (AvgIpc) is 2.34. The molecule has 0 fully saturated rings. The molecule has 0 aliphatic heterocycles. The number of nitrogens with one attached hydrogen (secondary N) is 1. The van der Waals surface area contributed by atoms with Gasteiger partial charge in [-0.25, -0.2) is 0 Å². The van der Waals surface area contributed by atoms with Gasteiger partial charge in [-0.15, -0.1) is 0 Å². The predicted octanol–water partition coefficient (Wildman–Crippen LogP) is 2.77. The molecular weight excluding hydrogens is 264 g/mol. The highest BCUT2D eigenvalue weighted by Crippen LogP contribution is 2.24. The molecule has 3 N–H and O–H groups in total. The lowest BCUT2D eigenvalue weighted by Crippen LogP contribution is -2.38. The highest BCUT2D eigenvalue weighted by atomic mass is 16.5. The zero-order chi connectivity index (χ0) is 16.2. The lowest BCUT2D eigenvalue weighted by molar-refractivity contribution is -0.125. The molecule has 0 radical (unpaired) electrons. The van der Waals surface area contributed by atoms with Gasteiger partial charge in [0.25, 0.3) is 0 Å². The van der Waals surface area contributed by atoms with E-state index in [4.69, 9.17) is 10.5 Å². The molecule has 4 heteroatoms. The van der Waals surface area contributed by atoms with Crippen LogP contribution in [0.25, 0.3) is 0 Å². The van der Waals surface area contributed by atoms with Crippen molar-refractivity contribution in [1.82, 2.24) is 5.32 Å².